The molecule has 2 rings (SSSR count). The van der Waals surface area contributed by atoms with Crippen molar-refractivity contribution in [2.45, 2.75) is 39.2 Å². The Morgan fingerprint density at radius 1 is 1.43 bits per heavy atom. The number of nitrogens with two attached hydrogens (primary N) is 1. The summed E-state index contributed by atoms with van der Waals surface area (Å²) in [5.74, 6) is 1.04. The van der Waals surface area contributed by atoms with E-state index in [0.717, 1.165) is 25.2 Å². The Balaban J connectivity index is 1.86. The Labute approximate surface area is 127 Å². The maximum Gasteiger partial charge on any atom is 0.238 e. The average molecular weight is 289 g/mol. The van der Waals surface area contributed by atoms with Gasteiger partial charge in [0.15, 0.2) is 0 Å². The van der Waals surface area contributed by atoms with Gasteiger partial charge in [-0.25, -0.2) is 0 Å². The number of carbonyl (C=O) groups excluding carboxylic acids is 1. The van der Waals surface area contributed by atoms with E-state index in [4.69, 9.17) is 5.73 Å². The van der Waals surface area contributed by atoms with Crippen LogP contribution in [0.25, 0.3) is 0 Å². The molecule has 1 aromatic carbocycles. The third-order valence-corrected chi connectivity index (χ3v) is 4.26. The lowest BCUT2D eigenvalue weighted by atomic mass is 10.0. The van der Waals surface area contributed by atoms with E-state index in [-0.39, 0.29) is 11.9 Å². The van der Waals surface area contributed by atoms with Crippen LogP contribution in [0.4, 0.5) is 5.69 Å². The molecule has 0 spiro atoms. The molecule has 0 saturated carbocycles. The van der Waals surface area contributed by atoms with E-state index < -0.39 is 0 Å². The first-order chi connectivity index (χ1) is 9.95. The molecule has 116 valence electrons. The highest BCUT2D eigenvalue weighted by molar-refractivity contribution is 5.92. The van der Waals surface area contributed by atoms with Crippen LogP contribution < -0.4 is 11.1 Å². The van der Waals surface area contributed by atoms with Crippen molar-refractivity contribution in [3.63, 3.8) is 0 Å². The number of carbonyl (C=O) groups is 1. The van der Waals surface area contributed by atoms with Gasteiger partial charge < -0.3 is 11.1 Å². The van der Waals surface area contributed by atoms with Gasteiger partial charge in [-0.1, -0.05) is 26.0 Å². The standard InChI is InChI=1S/C17H27N3O/c1-12(2)14-5-4-6-16(9-14)19-17(21)11-20-8-7-15(10-20)13(3)18/h4-6,9,12-13,15H,7-8,10-11,18H2,1-3H3,(H,19,21). The fourth-order valence-corrected chi connectivity index (χ4v) is 2.81. The van der Waals surface area contributed by atoms with E-state index in [1.165, 1.54) is 5.56 Å². The van der Waals surface area contributed by atoms with Crippen molar-refractivity contribution in [3.8, 4) is 0 Å². The molecule has 21 heavy (non-hydrogen) atoms. The number of hydrogen-bond donors (Lipinski definition) is 2. The summed E-state index contributed by atoms with van der Waals surface area (Å²) in [6, 6.07) is 8.29. The zero-order valence-electron chi connectivity index (χ0n) is 13.3. The van der Waals surface area contributed by atoms with Gasteiger partial charge in [0.2, 0.25) is 5.91 Å². The number of likely N-dealkylation sites (tertiary alicyclic amines) is 1. The van der Waals surface area contributed by atoms with E-state index in [1.54, 1.807) is 0 Å². The molecule has 1 heterocycles. The minimum Gasteiger partial charge on any atom is -0.328 e. The molecule has 2 atom stereocenters. The summed E-state index contributed by atoms with van der Waals surface area (Å²) in [5.41, 5.74) is 8.06. The van der Waals surface area contributed by atoms with Crippen LogP contribution in [0.2, 0.25) is 0 Å². The summed E-state index contributed by atoms with van der Waals surface area (Å²) in [4.78, 5) is 14.3. The predicted octanol–water partition coefficient (Wildman–Crippen LogP) is 2.42. The Kier molecular flexibility index (Phi) is 5.37. The minimum absolute atomic E-state index is 0.0567. The fraction of sp³-hybridized carbons (Fsp3) is 0.588. The molecule has 4 nitrogen and oxygen atoms in total. The minimum atomic E-state index is 0.0567. The summed E-state index contributed by atoms with van der Waals surface area (Å²) in [6.45, 7) is 8.70. The van der Waals surface area contributed by atoms with Crippen molar-refractivity contribution in [1.29, 1.82) is 0 Å². The number of nitrogens with one attached hydrogen (secondary N) is 1. The van der Waals surface area contributed by atoms with E-state index in [2.05, 4.69) is 36.2 Å². The number of nitrogens with zero attached hydrogens (tertiary/aromatic N) is 1. The van der Waals surface area contributed by atoms with Crippen molar-refractivity contribution in [2.24, 2.45) is 11.7 Å². The van der Waals surface area contributed by atoms with Crippen molar-refractivity contribution >= 4 is 11.6 Å². The van der Waals surface area contributed by atoms with Crippen molar-refractivity contribution in [2.75, 3.05) is 25.0 Å². The molecule has 1 aliphatic rings. The largest absolute Gasteiger partial charge is 0.328 e. The van der Waals surface area contributed by atoms with Gasteiger partial charge in [-0.15, -0.1) is 0 Å². The van der Waals surface area contributed by atoms with Gasteiger partial charge in [-0.2, -0.15) is 0 Å². The lowest BCUT2D eigenvalue weighted by molar-refractivity contribution is -0.117. The van der Waals surface area contributed by atoms with Crippen LogP contribution >= 0.6 is 0 Å². The molecular weight excluding hydrogens is 262 g/mol. The number of benzene rings is 1. The average Bonchev–Trinajstić information content (AvgIpc) is 2.87. The lowest BCUT2D eigenvalue weighted by Gasteiger charge is -2.17. The van der Waals surface area contributed by atoms with Crippen LogP contribution in [0, 0.1) is 5.92 Å². The quantitative estimate of drug-likeness (QED) is 0.875. The zero-order chi connectivity index (χ0) is 15.4. The molecule has 0 aromatic heterocycles. The topological polar surface area (TPSA) is 58.4 Å². The van der Waals surface area contributed by atoms with Crippen molar-refractivity contribution in [3.05, 3.63) is 29.8 Å². The van der Waals surface area contributed by atoms with Crippen LogP contribution in [0.3, 0.4) is 0 Å². The normalized spacial score (nSPS) is 20.7. The molecule has 1 amide bonds. The zero-order valence-corrected chi connectivity index (χ0v) is 13.3. The Bertz CT molecular complexity index is 485. The van der Waals surface area contributed by atoms with Gasteiger partial charge in [0.25, 0.3) is 0 Å². The molecule has 0 radical (unpaired) electrons. The first-order valence-corrected chi connectivity index (χ1v) is 7.83. The summed E-state index contributed by atoms with van der Waals surface area (Å²) < 4.78 is 0. The van der Waals surface area contributed by atoms with Gasteiger partial charge in [0.05, 0.1) is 6.54 Å². The second-order valence-corrected chi connectivity index (χ2v) is 6.47. The Morgan fingerprint density at radius 3 is 2.81 bits per heavy atom. The number of amides is 1. The smallest absolute Gasteiger partial charge is 0.238 e. The summed E-state index contributed by atoms with van der Waals surface area (Å²) >= 11 is 0. The maximum absolute atomic E-state index is 12.1. The molecule has 0 bridgehead atoms. The first-order valence-electron chi connectivity index (χ1n) is 7.83. The van der Waals surface area contributed by atoms with E-state index in [9.17, 15) is 4.79 Å². The van der Waals surface area contributed by atoms with E-state index in [1.807, 2.05) is 19.1 Å². The van der Waals surface area contributed by atoms with Gasteiger partial charge in [0, 0.05) is 18.3 Å². The molecule has 2 unspecified atom stereocenters. The van der Waals surface area contributed by atoms with Crippen LogP contribution in [0.5, 0.6) is 0 Å². The fourth-order valence-electron chi connectivity index (χ4n) is 2.81. The lowest BCUT2D eigenvalue weighted by Crippen LogP contribution is -2.34. The number of rotatable bonds is 5. The van der Waals surface area contributed by atoms with Crippen LogP contribution in [0.1, 0.15) is 38.7 Å². The second-order valence-electron chi connectivity index (χ2n) is 6.47. The molecule has 1 aromatic rings. The second kappa shape index (κ2) is 7.05. The molecule has 0 aliphatic carbocycles. The predicted molar refractivity (Wildman–Crippen MR) is 87.4 cm³/mol. The Hall–Kier alpha value is -1.39. The SMILES string of the molecule is CC(C)c1cccc(NC(=O)CN2CCC(C(C)N)C2)c1. The highest BCUT2D eigenvalue weighted by Crippen LogP contribution is 2.20. The maximum atomic E-state index is 12.1. The Morgan fingerprint density at radius 2 is 2.19 bits per heavy atom. The van der Waals surface area contributed by atoms with E-state index in [0.29, 0.717) is 18.4 Å². The molecule has 1 saturated heterocycles. The highest BCUT2D eigenvalue weighted by Gasteiger charge is 2.26. The van der Waals surface area contributed by atoms with Crippen LogP contribution in [-0.4, -0.2) is 36.5 Å². The van der Waals surface area contributed by atoms with Gasteiger partial charge in [-0.3, -0.25) is 9.69 Å². The van der Waals surface area contributed by atoms with Gasteiger partial charge in [-0.05, 0) is 49.4 Å². The molecule has 4 heteroatoms. The van der Waals surface area contributed by atoms with E-state index >= 15 is 0 Å². The van der Waals surface area contributed by atoms with Crippen LogP contribution in [0.15, 0.2) is 24.3 Å². The third kappa shape index (κ3) is 4.55. The number of anilines is 1. The highest BCUT2D eigenvalue weighted by atomic mass is 16.2. The van der Waals surface area contributed by atoms with Crippen molar-refractivity contribution < 1.29 is 4.79 Å². The van der Waals surface area contributed by atoms with Crippen molar-refractivity contribution in [1.82, 2.24) is 4.90 Å². The summed E-state index contributed by atoms with van der Waals surface area (Å²) in [7, 11) is 0. The van der Waals surface area contributed by atoms with Gasteiger partial charge >= 0.3 is 0 Å². The molecular formula is C17H27N3O. The van der Waals surface area contributed by atoms with Crippen LogP contribution in [-0.2, 0) is 4.79 Å². The summed E-state index contributed by atoms with van der Waals surface area (Å²) in [6.07, 6.45) is 1.09. The summed E-state index contributed by atoms with van der Waals surface area (Å²) in [5, 5.41) is 3.00. The monoisotopic (exact) mass is 289 g/mol. The first kappa shape index (κ1) is 16.0. The third-order valence-electron chi connectivity index (χ3n) is 4.26. The molecule has 3 N–H and O–H groups in total. The molecule has 1 aliphatic heterocycles. The van der Waals surface area contributed by atoms with Gasteiger partial charge in [0.1, 0.15) is 0 Å². The number of hydrogen-bond acceptors (Lipinski definition) is 3. The molecule has 1 fully saturated rings.